The highest BCUT2D eigenvalue weighted by Crippen LogP contribution is 2.09. The van der Waals surface area contributed by atoms with Crippen molar-refractivity contribution in [2.24, 2.45) is 5.73 Å². The second kappa shape index (κ2) is 7.45. The first kappa shape index (κ1) is 14.2. The van der Waals surface area contributed by atoms with Gasteiger partial charge in [-0.1, -0.05) is 11.8 Å². The minimum absolute atomic E-state index is 0.154. The van der Waals surface area contributed by atoms with E-state index in [2.05, 4.69) is 16.8 Å². The van der Waals surface area contributed by atoms with Gasteiger partial charge in [0.1, 0.15) is 13.1 Å². The van der Waals surface area contributed by atoms with Crippen molar-refractivity contribution in [2.75, 3.05) is 19.6 Å². The highest BCUT2D eigenvalue weighted by atomic mass is 16.2. The number of pyridine rings is 1. The van der Waals surface area contributed by atoms with Gasteiger partial charge < -0.3 is 10.6 Å². The first-order chi connectivity index (χ1) is 9.24. The smallest absolute Gasteiger partial charge is 0.256 e. The summed E-state index contributed by atoms with van der Waals surface area (Å²) in [6, 6.07) is 5.20. The van der Waals surface area contributed by atoms with E-state index in [4.69, 9.17) is 16.3 Å². The van der Waals surface area contributed by atoms with Crippen molar-refractivity contribution in [3.63, 3.8) is 0 Å². The van der Waals surface area contributed by atoms with Crippen molar-refractivity contribution in [1.29, 1.82) is 10.5 Å². The van der Waals surface area contributed by atoms with E-state index in [9.17, 15) is 4.79 Å². The van der Waals surface area contributed by atoms with Crippen molar-refractivity contribution in [3.05, 3.63) is 29.6 Å². The average Bonchev–Trinajstić information content (AvgIpc) is 2.44. The van der Waals surface area contributed by atoms with Crippen LogP contribution in [-0.4, -0.2) is 35.4 Å². The molecule has 0 bridgehead atoms. The quantitative estimate of drug-likeness (QED) is 0.597. The molecule has 0 saturated carbocycles. The summed E-state index contributed by atoms with van der Waals surface area (Å²) in [4.78, 5) is 17.2. The first-order valence-corrected chi connectivity index (χ1v) is 5.40. The lowest BCUT2D eigenvalue weighted by Gasteiger charge is -2.16. The Morgan fingerprint density at radius 1 is 1.37 bits per heavy atom. The van der Waals surface area contributed by atoms with Crippen molar-refractivity contribution < 1.29 is 4.79 Å². The Morgan fingerprint density at radius 2 is 2.05 bits per heavy atom. The van der Waals surface area contributed by atoms with Crippen LogP contribution in [0.3, 0.4) is 0 Å². The predicted molar refractivity (Wildman–Crippen MR) is 67.3 cm³/mol. The van der Waals surface area contributed by atoms with Gasteiger partial charge in [0.2, 0.25) is 0 Å². The molecule has 6 heteroatoms. The van der Waals surface area contributed by atoms with E-state index in [0.717, 1.165) is 4.90 Å². The molecule has 94 valence electrons. The number of rotatable bonds is 3. The molecular weight excluding hydrogens is 242 g/mol. The Labute approximate surface area is 111 Å². The molecule has 1 rings (SSSR count). The summed E-state index contributed by atoms with van der Waals surface area (Å²) in [5.41, 5.74) is 6.02. The van der Waals surface area contributed by atoms with E-state index in [1.165, 1.54) is 18.5 Å². The molecule has 1 amide bonds. The van der Waals surface area contributed by atoms with Gasteiger partial charge in [-0.2, -0.15) is 10.5 Å². The van der Waals surface area contributed by atoms with E-state index < -0.39 is 5.91 Å². The highest BCUT2D eigenvalue weighted by Gasteiger charge is 2.17. The van der Waals surface area contributed by atoms with Crippen LogP contribution in [0.2, 0.25) is 0 Å². The number of carbonyl (C=O) groups is 1. The number of aromatic nitrogens is 1. The summed E-state index contributed by atoms with van der Waals surface area (Å²) < 4.78 is 0. The fourth-order valence-electron chi connectivity index (χ4n) is 1.37. The van der Waals surface area contributed by atoms with Gasteiger partial charge in [-0.25, -0.2) is 0 Å². The summed E-state index contributed by atoms with van der Waals surface area (Å²) in [7, 11) is 0. The van der Waals surface area contributed by atoms with Crippen LogP contribution in [0, 0.1) is 34.5 Å². The summed E-state index contributed by atoms with van der Waals surface area (Å²) in [6.45, 7) is -0.139. The van der Waals surface area contributed by atoms with Crippen molar-refractivity contribution in [1.82, 2.24) is 9.88 Å². The zero-order valence-electron chi connectivity index (χ0n) is 10.1. The highest BCUT2D eigenvalue weighted by molar-refractivity contribution is 5.96. The van der Waals surface area contributed by atoms with Crippen molar-refractivity contribution >= 4 is 5.91 Å². The van der Waals surface area contributed by atoms with Gasteiger partial charge in [-0.05, 0) is 6.07 Å². The maximum absolute atomic E-state index is 12.2. The standard InChI is InChI=1S/C13H11N5O/c14-4-1-2-11-10-17-7-3-12(11)13(19)18(8-5-15)9-6-16/h3,7,10H,4,8-9,14H2. The van der Waals surface area contributed by atoms with E-state index in [1.807, 2.05) is 12.1 Å². The Balaban J connectivity index is 3.11. The van der Waals surface area contributed by atoms with E-state index in [-0.39, 0.29) is 19.6 Å². The normalized spacial score (nSPS) is 8.58. The second-order valence-corrected chi connectivity index (χ2v) is 3.40. The number of hydrogen-bond donors (Lipinski definition) is 1. The third-order valence-corrected chi connectivity index (χ3v) is 2.19. The summed E-state index contributed by atoms with van der Waals surface area (Å²) in [6.07, 6.45) is 2.91. The third kappa shape index (κ3) is 3.81. The van der Waals surface area contributed by atoms with Gasteiger partial charge in [0.25, 0.3) is 5.91 Å². The van der Waals surface area contributed by atoms with Gasteiger partial charge in [-0.15, -0.1) is 0 Å². The van der Waals surface area contributed by atoms with Crippen LogP contribution in [-0.2, 0) is 0 Å². The van der Waals surface area contributed by atoms with Crippen LogP contribution >= 0.6 is 0 Å². The summed E-state index contributed by atoms with van der Waals surface area (Å²) in [5.74, 6) is 4.96. The second-order valence-electron chi connectivity index (χ2n) is 3.40. The maximum Gasteiger partial charge on any atom is 0.256 e. The van der Waals surface area contributed by atoms with Gasteiger partial charge in [-0.3, -0.25) is 9.78 Å². The molecule has 0 aliphatic rings. The van der Waals surface area contributed by atoms with Crippen LogP contribution < -0.4 is 5.73 Å². The van der Waals surface area contributed by atoms with Gasteiger partial charge in [0, 0.05) is 12.4 Å². The molecular formula is C13H11N5O. The third-order valence-electron chi connectivity index (χ3n) is 2.19. The average molecular weight is 253 g/mol. The molecule has 2 N–H and O–H groups in total. The Bertz CT molecular complexity index is 584. The molecule has 19 heavy (non-hydrogen) atoms. The topological polar surface area (TPSA) is 107 Å². The predicted octanol–water partition coefficient (Wildman–Crippen LogP) is -0.119. The van der Waals surface area contributed by atoms with Crippen LogP contribution in [0.1, 0.15) is 15.9 Å². The molecule has 0 saturated heterocycles. The number of amides is 1. The SMILES string of the molecule is N#CCN(CC#N)C(=O)c1ccncc1C#CCN. The van der Waals surface area contributed by atoms with Crippen molar-refractivity contribution in [3.8, 4) is 24.0 Å². The molecule has 0 fully saturated rings. The number of carbonyl (C=O) groups excluding carboxylic acids is 1. The fourth-order valence-corrected chi connectivity index (χ4v) is 1.37. The summed E-state index contributed by atoms with van der Waals surface area (Å²) in [5, 5.41) is 17.3. The number of nitrogens with two attached hydrogens (primary N) is 1. The van der Waals surface area contributed by atoms with E-state index in [0.29, 0.717) is 11.1 Å². The minimum atomic E-state index is -0.424. The monoisotopic (exact) mass is 253 g/mol. The van der Waals surface area contributed by atoms with Gasteiger partial charge in [0.05, 0.1) is 29.8 Å². The molecule has 0 spiro atoms. The molecule has 0 aromatic carbocycles. The van der Waals surface area contributed by atoms with Crippen LogP contribution in [0.5, 0.6) is 0 Å². The largest absolute Gasteiger partial charge is 0.320 e. The molecule has 0 radical (unpaired) electrons. The van der Waals surface area contributed by atoms with Crippen LogP contribution in [0.4, 0.5) is 0 Å². The Hall–Kier alpha value is -2.88. The minimum Gasteiger partial charge on any atom is -0.320 e. The van der Waals surface area contributed by atoms with E-state index in [1.54, 1.807) is 0 Å². The molecule has 0 unspecified atom stereocenters. The molecule has 0 aliphatic heterocycles. The van der Waals surface area contributed by atoms with Gasteiger partial charge in [0.15, 0.2) is 0 Å². The molecule has 1 aromatic rings. The molecule has 6 nitrogen and oxygen atoms in total. The Kier molecular flexibility index (Phi) is 5.56. The number of nitrogens with zero attached hydrogens (tertiary/aromatic N) is 4. The van der Waals surface area contributed by atoms with Crippen molar-refractivity contribution in [2.45, 2.75) is 0 Å². The number of hydrogen-bond acceptors (Lipinski definition) is 5. The van der Waals surface area contributed by atoms with E-state index >= 15 is 0 Å². The van der Waals surface area contributed by atoms with Gasteiger partial charge >= 0.3 is 0 Å². The molecule has 0 aliphatic carbocycles. The van der Waals surface area contributed by atoms with Crippen LogP contribution in [0.15, 0.2) is 18.5 Å². The first-order valence-electron chi connectivity index (χ1n) is 5.40. The zero-order chi connectivity index (χ0) is 14.1. The fraction of sp³-hybridized carbons (Fsp3) is 0.231. The lowest BCUT2D eigenvalue weighted by atomic mass is 10.1. The number of nitriles is 2. The molecule has 1 heterocycles. The molecule has 0 atom stereocenters. The summed E-state index contributed by atoms with van der Waals surface area (Å²) >= 11 is 0. The van der Waals surface area contributed by atoms with Crippen LogP contribution in [0.25, 0.3) is 0 Å². The maximum atomic E-state index is 12.2. The molecule has 1 aromatic heterocycles. The Morgan fingerprint density at radius 3 is 2.63 bits per heavy atom. The zero-order valence-corrected chi connectivity index (χ0v) is 10.1. The lowest BCUT2D eigenvalue weighted by Crippen LogP contribution is -2.32. The lowest BCUT2D eigenvalue weighted by molar-refractivity contribution is 0.0794.